The first-order chi connectivity index (χ1) is 10.2. The van der Waals surface area contributed by atoms with Gasteiger partial charge in [0.25, 0.3) is 0 Å². The van der Waals surface area contributed by atoms with E-state index in [4.69, 9.17) is 5.84 Å². The molecular formula is C17H17N3S. The van der Waals surface area contributed by atoms with Crippen LogP contribution in [0.15, 0.2) is 66.0 Å². The number of thioether (sulfide) groups is 1. The Bertz CT molecular complexity index is 735. The van der Waals surface area contributed by atoms with Crippen molar-refractivity contribution in [3.63, 3.8) is 0 Å². The van der Waals surface area contributed by atoms with E-state index in [9.17, 15) is 0 Å². The molecule has 21 heavy (non-hydrogen) atoms. The Kier molecular flexibility index (Phi) is 3.97. The number of hydrogen-bond donors (Lipinski definition) is 1. The van der Waals surface area contributed by atoms with Crippen LogP contribution in [0.2, 0.25) is 0 Å². The van der Waals surface area contributed by atoms with Crippen molar-refractivity contribution in [3.8, 4) is 11.3 Å². The number of rotatable bonds is 4. The lowest BCUT2D eigenvalue weighted by Crippen LogP contribution is -2.07. The Hall–Kier alpha value is -2.20. The number of nitrogen functional groups attached to an aromatic ring is 1. The maximum atomic E-state index is 6.01. The third kappa shape index (κ3) is 3.28. The molecule has 0 saturated heterocycles. The van der Waals surface area contributed by atoms with Gasteiger partial charge in [-0.25, -0.2) is 9.66 Å². The van der Waals surface area contributed by atoms with Gasteiger partial charge in [0.05, 0.1) is 11.9 Å². The number of aryl methyl sites for hydroxylation is 1. The first kappa shape index (κ1) is 13.8. The Balaban J connectivity index is 1.76. The summed E-state index contributed by atoms with van der Waals surface area (Å²) < 4.78 is 1.60. The van der Waals surface area contributed by atoms with Crippen molar-refractivity contribution in [2.75, 3.05) is 5.84 Å². The summed E-state index contributed by atoms with van der Waals surface area (Å²) in [5.41, 5.74) is 4.54. The highest BCUT2D eigenvalue weighted by Crippen LogP contribution is 2.25. The maximum absolute atomic E-state index is 6.01. The molecule has 1 aromatic heterocycles. The van der Waals surface area contributed by atoms with Crippen LogP contribution in [0.5, 0.6) is 0 Å². The average molecular weight is 295 g/mol. The lowest BCUT2D eigenvalue weighted by atomic mass is 10.2. The van der Waals surface area contributed by atoms with Crippen molar-refractivity contribution in [2.24, 2.45) is 0 Å². The molecule has 106 valence electrons. The van der Waals surface area contributed by atoms with Crippen LogP contribution in [0.3, 0.4) is 0 Å². The van der Waals surface area contributed by atoms with Gasteiger partial charge in [0.2, 0.25) is 0 Å². The number of nitrogens with two attached hydrogens (primary N) is 1. The van der Waals surface area contributed by atoms with Crippen molar-refractivity contribution >= 4 is 11.8 Å². The quantitative estimate of drug-likeness (QED) is 0.587. The highest BCUT2D eigenvalue weighted by molar-refractivity contribution is 7.98. The van der Waals surface area contributed by atoms with Crippen LogP contribution in [-0.4, -0.2) is 9.66 Å². The summed E-state index contributed by atoms with van der Waals surface area (Å²) in [5, 5.41) is 0.829. The van der Waals surface area contributed by atoms with E-state index < -0.39 is 0 Å². The van der Waals surface area contributed by atoms with Gasteiger partial charge in [-0.05, 0) is 12.5 Å². The summed E-state index contributed by atoms with van der Waals surface area (Å²) in [7, 11) is 0. The predicted molar refractivity (Wildman–Crippen MR) is 88.6 cm³/mol. The summed E-state index contributed by atoms with van der Waals surface area (Å²) in [6.07, 6.45) is 1.87. The third-order valence-electron chi connectivity index (χ3n) is 3.22. The van der Waals surface area contributed by atoms with Crippen LogP contribution < -0.4 is 5.84 Å². The molecule has 0 unspecified atom stereocenters. The van der Waals surface area contributed by atoms with Crippen molar-refractivity contribution in [1.82, 2.24) is 9.66 Å². The number of aromatic nitrogens is 2. The largest absolute Gasteiger partial charge is 0.337 e. The van der Waals surface area contributed by atoms with E-state index >= 15 is 0 Å². The molecule has 4 heteroatoms. The van der Waals surface area contributed by atoms with E-state index in [-0.39, 0.29) is 0 Å². The molecule has 2 aromatic carbocycles. The van der Waals surface area contributed by atoms with Crippen LogP contribution in [0.1, 0.15) is 11.1 Å². The molecule has 0 aliphatic heterocycles. The Morgan fingerprint density at radius 3 is 2.67 bits per heavy atom. The fourth-order valence-electron chi connectivity index (χ4n) is 2.18. The summed E-state index contributed by atoms with van der Waals surface area (Å²) in [5.74, 6) is 6.87. The van der Waals surface area contributed by atoms with E-state index in [1.807, 2.05) is 36.5 Å². The smallest absolute Gasteiger partial charge is 0.187 e. The minimum absolute atomic E-state index is 0.829. The fraction of sp³-hybridized carbons (Fsp3) is 0.118. The van der Waals surface area contributed by atoms with Crippen LogP contribution in [0, 0.1) is 6.92 Å². The zero-order valence-electron chi connectivity index (χ0n) is 11.9. The average Bonchev–Trinajstić information content (AvgIpc) is 2.87. The number of hydrogen-bond acceptors (Lipinski definition) is 3. The molecule has 0 spiro atoms. The first-order valence-electron chi connectivity index (χ1n) is 6.80. The SMILES string of the molecule is Cc1cccc(CSc2nc(-c3ccccc3)cn2N)c1. The van der Waals surface area contributed by atoms with Gasteiger partial charge in [-0.2, -0.15) is 0 Å². The number of nitrogens with zero attached hydrogens (tertiary/aromatic N) is 2. The lowest BCUT2D eigenvalue weighted by molar-refractivity contribution is 0.851. The highest BCUT2D eigenvalue weighted by atomic mass is 32.2. The molecule has 3 nitrogen and oxygen atoms in total. The lowest BCUT2D eigenvalue weighted by Gasteiger charge is -2.02. The van der Waals surface area contributed by atoms with Gasteiger partial charge in [-0.3, -0.25) is 0 Å². The van der Waals surface area contributed by atoms with Gasteiger partial charge < -0.3 is 5.84 Å². The monoisotopic (exact) mass is 295 g/mol. The van der Waals surface area contributed by atoms with Crippen LogP contribution >= 0.6 is 11.8 Å². The van der Waals surface area contributed by atoms with Crippen molar-refractivity contribution in [2.45, 2.75) is 17.8 Å². The predicted octanol–water partition coefficient (Wildman–Crippen LogP) is 3.86. The van der Waals surface area contributed by atoms with Crippen LogP contribution in [-0.2, 0) is 5.75 Å². The molecule has 2 N–H and O–H groups in total. The molecule has 0 aliphatic carbocycles. The van der Waals surface area contributed by atoms with Crippen molar-refractivity contribution in [1.29, 1.82) is 0 Å². The van der Waals surface area contributed by atoms with Gasteiger partial charge in [0.1, 0.15) is 0 Å². The second kappa shape index (κ2) is 6.06. The van der Waals surface area contributed by atoms with E-state index in [0.717, 1.165) is 22.2 Å². The Morgan fingerprint density at radius 2 is 1.90 bits per heavy atom. The molecule has 3 rings (SSSR count). The second-order valence-electron chi connectivity index (χ2n) is 4.96. The maximum Gasteiger partial charge on any atom is 0.187 e. The molecule has 0 bridgehead atoms. The Labute approximate surface area is 128 Å². The molecule has 0 saturated carbocycles. The second-order valence-corrected chi connectivity index (χ2v) is 5.90. The van der Waals surface area contributed by atoms with Gasteiger partial charge in [-0.1, -0.05) is 71.9 Å². The van der Waals surface area contributed by atoms with E-state index in [2.05, 4.69) is 36.2 Å². The summed E-state index contributed by atoms with van der Waals surface area (Å²) in [6.45, 7) is 2.10. The standard InChI is InChI=1S/C17H17N3S/c1-13-6-5-7-14(10-13)12-21-17-19-16(11-20(17)18)15-8-3-2-4-9-15/h2-11H,12,18H2,1H3. The molecule has 1 heterocycles. The van der Waals surface area contributed by atoms with E-state index in [1.54, 1.807) is 16.4 Å². The van der Waals surface area contributed by atoms with Crippen molar-refractivity contribution < 1.29 is 0 Å². The highest BCUT2D eigenvalue weighted by Gasteiger charge is 2.08. The molecule has 3 aromatic rings. The summed E-state index contributed by atoms with van der Waals surface area (Å²) in [6, 6.07) is 18.6. The molecule has 0 aliphatic rings. The zero-order valence-corrected chi connectivity index (χ0v) is 12.7. The minimum Gasteiger partial charge on any atom is -0.337 e. The van der Waals surface area contributed by atoms with Crippen LogP contribution in [0.4, 0.5) is 0 Å². The number of imidazole rings is 1. The molecule has 0 amide bonds. The summed E-state index contributed by atoms with van der Waals surface area (Å²) in [4.78, 5) is 4.62. The van der Waals surface area contributed by atoms with Gasteiger partial charge in [-0.15, -0.1) is 0 Å². The van der Waals surface area contributed by atoms with Gasteiger partial charge >= 0.3 is 0 Å². The van der Waals surface area contributed by atoms with Crippen molar-refractivity contribution in [3.05, 3.63) is 71.9 Å². The fourth-order valence-corrected chi connectivity index (χ4v) is 3.02. The first-order valence-corrected chi connectivity index (χ1v) is 7.79. The topological polar surface area (TPSA) is 43.8 Å². The molecule has 0 atom stereocenters. The molecule has 0 radical (unpaired) electrons. The minimum atomic E-state index is 0.829. The molecule has 0 fully saturated rings. The van der Waals surface area contributed by atoms with E-state index in [1.165, 1.54) is 11.1 Å². The van der Waals surface area contributed by atoms with E-state index in [0.29, 0.717) is 0 Å². The normalized spacial score (nSPS) is 10.7. The Morgan fingerprint density at radius 1 is 1.10 bits per heavy atom. The molecular weight excluding hydrogens is 278 g/mol. The number of benzene rings is 2. The van der Waals surface area contributed by atoms with Gasteiger partial charge in [0.15, 0.2) is 5.16 Å². The zero-order chi connectivity index (χ0) is 14.7. The van der Waals surface area contributed by atoms with Crippen LogP contribution in [0.25, 0.3) is 11.3 Å². The third-order valence-corrected chi connectivity index (χ3v) is 4.26. The summed E-state index contributed by atoms with van der Waals surface area (Å²) >= 11 is 1.65. The van der Waals surface area contributed by atoms with Gasteiger partial charge in [0, 0.05) is 11.3 Å².